The highest BCUT2D eigenvalue weighted by atomic mass is 16.5. The summed E-state index contributed by atoms with van der Waals surface area (Å²) in [5.41, 5.74) is 4.12. The first kappa shape index (κ1) is 22.0. The number of morpholine rings is 1. The van der Waals surface area contributed by atoms with Crippen molar-refractivity contribution in [3.63, 3.8) is 0 Å². The van der Waals surface area contributed by atoms with Gasteiger partial charge in [-0.2, -0.15) is 0 Å². The first-order valence-corrected chi connectivity index (χ1v) is 10.8. The molecule has 168 valence electrons. The molecule has 0 radical (unpaired) electrons. The second-order valence-electron chi connectivity index (χ2n) is 8.14. The molecule has 1 aliphatic rings. The van der Waals surface area contributed by atoms with E-state index < -0.39 is 12.0 Å². The average molecular weight is 437 g/mol. The van der Waals surface area contributed by atoms with Gasteiger partial charge in [0.2, 0.25) is 0 Å². The van der Waals surface area contributed by atoms with Gasteiger partial charge in [-0.1, -0.05) is 42.0 Å². The molecule has 1 aliphatic heterocycles. The van der Waals surface area contributed by atoms with E-state index in [1.807, 2.05) is 36.1 Å². The number of hydrogen-bond donors (Lipinski definition) is 1. The van der Waals surface area contributed by atoms with Crippen molar-refractivity contribution in [2.75, 3.05) is 19.8 Å². The van der Waals surface area contributed by atoms with Crippen molar-refractivity contribution in [2.45, 2.75) is 39.0 Å². The molecule has 3 aromatic rings. The fraction of sp³-hybridized carbons (Fsp3) is 0.360. The Kier molecular flexibility index (Phi) is 6.87. The van der Waals surface area contributed by atoms with Crippen molar-refractivity contribution in [3.05, 3.63) is 83.1 Å². The number of rotatable bonds is 8. The van der Waals surface area contributed by atoms with E-state index in [9.17, 15) is 9.90 Å². The van der Waals surface area contributed by atoms with Crippen molar-refractivity contribution in [2.24, 2.45) is 0 Å². The molecule has 2 aromatic carbocycles. The van der Waals surface area contributed by atoms with Crippen LogP contribution in [0.3, 0.4) is 0 Å². The molecule has 2 atom stereocenters. The summed E-state index contributed by atoms with van der Waals surface area (Å²) in [4.78, 5) is 17.9. The quantitative estimate of drug-likeness (QED) is 0.572. The number of carboxylic acids is 1. The maximum atomic E-state index is 11.6. The smallest absolute Gasteiger partial charge is 0.323 e. The normalized spacial score (nSPS) is 17.8. The number of aromatic nitrogens is 1. The molecular formula is C25H28N2O5. The van der Waals surface area contributed by atoms with Crippen LogP contribution in [-0.4, -0.2) is 46.8 Å². The highest BCUT2D eigenvalue weighted by Gasteiger charge is 2.29. The van der Waals surface area contributed by atoms with E-state index in [2.05, 4.69) is 36.2 Å². The van der Waals surface area contributed by atoms with Gasteiger partial charge < -0.3 is 19.0 Å². The van der Waals surface area contributed by atoms with Gasteiger partial charge in [0.05, 0.1) is 13.2 Å². The van der Waals surface area contributed by atoms with Gasteiger partial charge >= 0.3 is 5.97 Å². The fourth-order valence-corrected chi connectivity index (χ4v) is 3.93. The Morgan fingerprint density at radius 2 is 2.03 bits per heavy atom. The van der Waals surface area contributed by atoms with Crippen LogP contribution < -0.4 is 4.74 Å². The number of hydrogen-bond acceptors (Lipinski definition) is 6. The summed E-state index contributed by atoms with van der Waals surface area (Å²) >= 11 is 0. The topological polar surface area (TPSA) is 85.0 Å². The summed E-state index contributed by atoms with van der Waals surface area (Å²) in [6, 6.07) is 15.5. The van der Waals surface area contributed by atoms with E-state index in [-0.39, 0.29) is 12.7 Å². The zero-order valence-corrected chi connectivity index (χ0v) is 18.4. The molecular weight excluding hydrogens is 408 g/mol. The Morgan fingerprint density at radius 3 is 2.75 bits per heavy atom. The summed E-state index contributed by atoms with van der Waals surface area (Å²) in [5.74, 6) is 0.579. The maximum Gasteiger partial charge on any atom is 0.323 e. The number of aryl methyl sites for hydroxylation is 2. The van der Waals surface area contributed by atoms with Crippen LogP contribution in [0.1, 0.15) is 34.2 Å². The SMILES string of the molecule is Cc1ccc(CC(Oc2cccc(CN3CCOC[C@H]3C(=O)O)c2)c2ncoc2C)cc1. The standard InChI is InChI=1S/C25H28N2O5/c1-17-6-8-19(9-7-17)13-23(24-18(2)31-16-26-24)32-21-5-3-4-20(12-21)14-27-10-11-30-15-22(27)25(28)29/h3-9,12,16,22-23H,10-11,13-15H2,1-2H3,(H,28,29)/t22-,23?/m0/s1. The monoisotopic (exact) mass is 436 g/mol. The van der Waals surface area contributed by atoms with E-state index in [1.165, 1.54) is 12.0 Å². The van der Waals surface area contributed by atoms with Crippen LogP contribution in [-0.2, 0) is 22.5 Å². The minimum atomic E-state index is -0.864. The first-order valence-electron chi connectivity index (χ1n) is 10.8. The summed E-state index contributed by atoms with van der Waals surface area (Å²) in [6.07, 6.45) is 1.79. The van der Waals surface area contributed by atoms with E-state index >= 15 is 0 Å². The van der Waals surface area contributed by atoms with Crippen molar-refractivity contribution in [3.8, 4) is 5.75 Å². The minimum absolute atomic E-state index is 0.204. The van der Waals surface area contributed by atoms with Crippen LogP contribution in [0.4, 0.5) is 0 Å². The predicted molar refractivity (Wildman–Crippen MR) is 119 cm³/mol. The van der Waals surface area contributed by atoms with Gasteiger partial charge in [0.25, 0.3) is 0 Å². The van der Waals surface area contributed by atoms with Gasteiger partial charge in [-0.05, 0) is 37.1 Å². The summed E-state index contributed by atoms with van der Waals surface area (Å²) < 4.78 is 17.2. The van der Waals surface area contributed by atoms with Crippen molar-refractivity contribution < 1.29 is 23.8 Å². The minimum Gasteiger partial charge on any atom is -0.484 e. The van der Waals surface area contributed by atoms with Crippen molar-refractivity contribution >= 4 is 5.97 Å². The Balaban J connectivity index is 1.53. The molecule has 0 amide bonds. The lowest BCUT2D eigenvalue weighted by Gasteiger charge is -2.32. The second kappa shape index (κ2) is 9.97. The number of aliphatic carboxylic acids is 1. The van der Waals surface area contributed by atoms with Gasteiger partial charge in [0.1, 0.15) is 29.3 Å². The number of oxazole rings is 1. The molecule has 2 heterocycles. The van der Waals surface area contributed by atoms with Crippen molar-refractivity contribution in [1.29, 1.82) is 0 Å². The highest BCUT2D eigenvalue weighted by molar-refractivity contribution is 5.73. The van der Waals surface area contributed by atoms with Gasteiger partial charge in [-0.25, -0.2) is 4.98 Å². The third kappa shape index (κ3) is 5.36. The van der Waals surface area contributed by atoms with E-state index in [0.717, 1.165) is 22.6 Å². The summed E-state index contributed by atoms with van der Waals surface area (Å²) in [7, 11) is 0. The number of carboxylic acid groups (broad SMARTS) is 1. The van der Waals surface area contributed by atoms with Gasteiger partial charge in [-0.3, -0.25) is 9.69 Å². The van der Waals surface area contributed by atoms with Crippen LogP contribution in [0.5, 0.6) is 5.75 Å². The number of nitrogens with zero attached hydrogens (tertiary/aromatic N) is 2. The molecule has 1 unspecified atom stereocenters. The Labute approximate surface area is 187 Å². The lowest BCUT2D eigenvalue weighted by Crippen LogP contribution is -2.49. The fourth-order valence-electron chi connectivity index (χ4n) is 3.93. The van der Waals surface area contributed by atoms with E-state index in [1.54, 1.807) is 0 Å². The van der Waals surface area contributed by atoms with Crippen LogP contribution in [0.25, 0.3) is 0 Å². The number of benzene rings is 2. The van der Waals surface area contributed by atoms with Crippen LogP contribution in [0.2, 0.25) is 0 Å². The summed E-state index contributed by atoms with van der Waals surface area (Å²) in [5, 5.41) is 9.49. The molecule has 1 aromatic heterocycles. The lowest BCUT2D eigenvalue weighted by atomic mass is 10.0. The molecule has 32 heavy (non-hydrogen) atoms. The van der Waals surface area contributed by atoms with Gasteiger partial charge in [0, 0.05) is 19.5 Å². The molecule has 1 fully saturated rings. The molecule has 7 heteroatoms. The molecule has 0 aliphatic carbocycles. The Morgan fingerprint density at radius 1 is 1.22 bits per heavy atom. The predicted octanol–water partition coefficient (Wildman–Crippen LogP) is 3.94. The average Bonchev–Trinajstić information content (AvgIpc) is 3.21. The van der Waals surface area contributed by atoms with E-state index in [0.29, 0.717) is 31.9 Å². The van der Waals surface area contributed by atoms with Crippen LogP contribution in [0.15, 0.2) is 59.3 Å². The lowest BCUT2D eigenvalue weighted by molar-refractivity contribution is -0.150. The zero-order valence-electron chi connectivity index (χ0n) is 18.4. The summed E-state index contributed by atoms with van der Waals surface area (Å²) in [6.45, 7) is 5.78. The molecule has 1 saturated heterocycles. The number of ether oxygens (including phenoxy) is 2. The molecule has 4 rings (SSSR count). The second-order valence-corrected chi connectivity index (χ2v) is 8.14. The Hall–Kier alpha value is -3.16. The van der Waals surface area contributed by atoms with Crippen LogP contribution in [0, 0.1) is 13.8 Å². The van der Waals surface area contributed by atoms with Gasteiger partial charge in [0.15, 0.2) is 6.39 Å². The van der Waals surface area contributed by atoms with Gasteiger partial charge in [-0.15, -0.1) is 0 Å². The highest BCUT2D eigenvalue weighted by Crippen LogP contribution is 2.28. The molecule has 0 bridgehead atoms. The molecule has 7 nitrogen and oxygen atoms in total. The largest absolute Gasteiger partial charge is 0.484 e. The molecule has 0 saturated carbocycles. The number of carbonyl (C=O) groups is 1. The molecule has 1 N–H and O–H groups in total. The molecule has 0 spiro atoms. The third-order valence-corrected chi connectivity index (χ3v) is 5.72. The third-order valence-electron chi connectivity index (χ3n) is 5.72. The maximum absolute atomic E-state index is 11.6. The van der Waals surface area contributed by atoms with Crippen molar-refractivity contribution in [1.82, 2.24) is 9.88 Å². The van der Waals surface area contributed by atoms with E-state index in [4.69, 9.17) is 13.9 Å². The Bertz CT molecular complexity index is 1050. The zero-order chi connectivity index (χ0) is 22.5. The van der Waals surface area contributed by atoms with Crippen LogP contribution >= 0.6 is 0 Å². The first-order chi connectivity index (χ1) is 15.5.